The highest BCUT2D eigenvalue weighted by molar-refractivity contribution is 7.13. The van der Waals surface area contributed by atoms with Crippen LogP contribution in [0.15, 0.2) is 23.6 Å². The Morgan fingerprint density at radius 3 is 2.69 bits per heavy atom. The van der Waals surface area contributed by atoms with Crippen LogP contribution < -0.4 is 14.8 Å². The van der Waals surface area contributed by atoms with Gasteiger partial charge in [0.2, 0.25) is 18.6 Å². The third kappa shape index (κ3) is 4.88. The fraction of sp³-hybridized carbons (Fsp3) is 0.522. The van der Waals surface area contributed by atoms with Gasteiger partial charge in [-0.05, 0) is 30.5 Å². The Balaban J connectivity index is 1.08. The van der Waals surface area contributed by atoms with Crippen LogP contribution in [0, 0.1) is 5.92 Å². The van der Waals surface area contributed by atoms with Gasteiger partial charge in [-0.2, -0.15) is 0 Å². The monoisotopic (exact) mass is 456 g/mol. The van der Waals surface area contributed by atoms with E-state index in [2.05, 4.69) is 21.3 Å². The molecule has 1 N–H and O–H groups in total. The number of anilines is 1. The highest BCUT2D eigenvalue weighted by Crippen LogP contribution is 2.33. The maximum atomic E-state index is 12.8. The van der Waals surface area contributed by atoms with Crippen LogP contribution in [0.4, 0.5) is 5.13 Å². The lowest BCUT2D eigenvalue weighted by Gasteiger charge is -2.34. The van der Waals surface area contributed by atoms with Gasteiger partial charge in [-0.25, -0.2) is 4.98 Å². The molecule has 1 saturated carbocycles. The molecule has 9 heteroatoms. The number of benzene rings is 1. The van der Waals surface area contributed by atoms with Gasteiger partial charge in [0, 0.05) is 44.0 Å². The van der Waals surface area contributed by atoms with Gasteiger partial charge in [0.15, 0.2) is 16.6 Å². The van der Waals surface area contributed by atoms with E-state index < -0.39 is 0 Å². The van der Waals surface area contributed by atoms with E-state index in [1.54, 1.807) is 0 Å². The number of carbonyl (C=O) groups is 2. The van der Waals surface area contributed by atoms with Crippen molar-refractivity contribution in [2.75, 3.05) is 38.3 Å². The standard InChI is InChI=1S/C23H28N4O4S/c28-21(12-18-14-32-23(24-18)25-22(29)17-3-1-2-4-17)27-9-7-26(8-10-27)13-16-5-6-19-20(11-16)31-15-30-19/h5-6,11,14,17H,1-4,7-10,12-13,15H2,(H,24,25,29). The number of thiazole rings is 1. The highest BCUT2D eigenvalue weighted by Gasteiger charge is 2.25. The van der Waals surface area contributed by atoms with Crippen molar-refractivity contribution in [2.24, 2.45) is 5.92 Å². The molecule has 2 aliphatic heterocycles. The molecule has 1 aromatic heterocycles. The van der Waals surface area contributed by atoms with E-state index >= 15 is 0 Å². The molecule has 1 aromatic carbocycles. The SMILES string of the molecule is O=C(Nc1nc(CC(=O)N2CCN(Cc3ccc4c(c3)OCO4)CC2)cs1)C1CCCC1. The van der Waals surface area contributed by atoms with Gasteiger partial charge in [-0.1, -0.05) is 18.9 Å². The molecule has 0 atom stereocenters. The zero-order valence-electron chi connectivity index (χ0n) is 18.0. The number of nitrogens with zero attached hydrogens (tertiary/aromatic N) is 3. The van der Waals surface area contributed by atoms with Crippen LogP contribution in [0.1, 0.15) is 36.9 Å². The van der Waals surface area contributed by atoms with Crippen molar-refractivity contribution in [3.05, 3.63) is 34.8 Å². The number of amides is 2. The molecule has 2 fully saturated rings. The molecule has 170 valence electrons. The molecule has 2 aromatic rings. The smallest absolute Gasteiger partial charge is 0.231 e. The number of piperazine rings is 1. The number of hydrogen-bond donors (Lipinski definition) is 1. The Hall–Kier alpha value is -2.65. The molecule has 0 spiro atoms. The number of hydrogen-bond acceptors (Lipinski definition) is 7. The average Bonchev–Trinajstić information content (AvgIpc) is 3.56. The van der Waals surface area contributed by atoms with Crippen LogP contribution in [-0.2, 0) is 22.6 Å². The number of carbonyl (C=O) groups excluding carboxylic acids is 2. The van der Waals surface area contributed by atoms with Crippen molar-refractivity contribution in [2.45, 2.75) is 38.6 Å². The quantitative estimate of drug-likeness (QED) is 0.720. The average molecular weight is 457 g/mol. The third-order valence-corrected chi connectivity index (χ3v) is 7.21. The van der Waals surface area contributed by atoms with Crippen molar-refractivity contribution in [1.29, 1.82) is 0 Å². The van der Waals surface area contributed by atoms with Gasteiger partial charge in [-0.3, -0.25) is 14.5 Å². The molecular weight excluding hydrogens is 428 g/mol. The van der Waals surface area contributed by atoms with E-state index in [1.807, 2.05) is 22.4 Å². The van der Waals surface area contributed by atoms with Crippen molar-refractivity contribution >= 4 is 28.3 Å². The normalized spacial score (nSPS) is 18.8. The molecule has 2 amide bonds. The van der Waals surface area contributed by atoms with Crippen LogP contribution in [-0.4, -0.2) is 59.6 Å². The number of ether oxygens (including phenoxy) is 2. The molecular formula is C23H28N4O4S. The van der Waals surface area contributed by atoms with Crippen molar-refractivity contribution in [3.8, 4) is 11.5 Å². The molecule has 0 radical (unpaired) electrons. The first-order valence-corrected chi connectivity index (χ1v) is 12.2. The molecule has 1 aliphatic carbocycles. The van der Waals surface area contributed by atoms with Crippen LogP contribution in [0.2, 0.25) is 0 Å². The minimum Gasteiger partial charge on any atom is -0.454 e. The molecule has 3 heterocycles. The lowest BCUT2D eigenvalue weighted by molar-refractivity contribution is -0.132. The Morgan fingerprint density at radius 2 is 1.88 bits per heavy atom. The summed E-state index contributed by atoms with van der Waals surface area (Å²) in [5.41, 5.74) is 1.91. The summed E-state index contributed by atoms with van der Waals surface area (Å²) in [5, 5.41) is 5.39. The summed E-state index contributed by atoms with van der Waals surface area (Å²) in [6.07, 6.45) is 4.45. The molecule has 1 saturated heterocycles. The number of rotatable bonds is 6. The minimum absolute atomic E-state index is 0.0632. The number of fused-ring (bicyclic) bond motifs is 1. The van der Waals surface area contributed by atoms with Gasteiger partial charge in [0.05, 0.1) is 12.1 Å². The first-order chi connectivity index (χ1) is 15.6. The first-order valence-electron chi connectivity index (χ1n) is 11.3. The zero-order valence-corrected chi connectivity index (χ0v) is 18.9. The first kappa shape index (κ1) is 21.2. The summed E-state index contributed by atoms with van der Waals surface area (Å²) in [7, 11) is 0. The summed E-state index contributed by atoms with van der Waals surface area (Å²) in [6, 6.07) is 6.05. The second-order valence-electron chi connectivity index (χ2n) is 8.64. The number of nitrogens with one attached hydrogen (secondary N) is 1. The summed E-state index contributed by atoms with van der Waals surface area (Å²) < 4.78 is 10.8. The van der Waals surface area contributed by atoms with Crippen molar-refractivity contribution in [1.82, 2.24) is 14.8 Å². The molecule has 0 bridgehead atoms. The Kier molecular flexibility index (Phi) is 6.27. The molecule has 0 unspecified atom stereocenters. The van der Waals surface area contributed by atoms with E-state index in [1.165, 1.54) is 16.9 Å². The Bertz CT molecular complexity index is 980. The predicted molar refractivity (Wildman–Crippen MR) is 121 cm³/mol. The van der Waals surface area contributed by atoms with E-state index in [4.69, 9.17) is 9.47 Å². The second kappa shape index (κ2) is 9.46. The molecule has 5 rings (SSSR count). The van der Waals surface area contributed by atoms with Crippen LogP contribution >= 0.6 is 11.3 Å². The Morgan fingerprint density at radius 1 is 1.09 bits per heavy atom. The minimum atomic E-state index is 0.0632. The van der Waals surface area contributed by atoms with E-state index in [0.717, 1.165) is 62.5 Å². The molecule has 8 nitrogen and oxygen atoms in total. The fourth-order valence-corrected chi connectivity index (χ4v) is 5.27. The maximum absolute atomic E-state index is 12.8. The zero-order chi connectivity index (χ0) is 21.9. The molecule has 32 heavy (non-hydrogen) atoms. The van der Waals surface area contributed by atoms with Gasteiger partial charge in [0.25, 0.3) is 0 Å². The largest absolute Gasteiger partial charge is 0.454 e. The summed E-state index contributed by atoms with van der Waals surface area (Å²) in [6.45, 7) is 4.19. The lowest BCUT2D eigenvalue weighted by Crippen LogP contribution is -2.48. The van der Waals surface area contributed by atoms with Crippen LogP contribution in [0.3, 0.4) is 0 Å². The predicted octanol–water partition coefficient (Wildman–Crippen LogP) is 2.89. The third-order valence-electron chi connectivity index (χ3n) is 6.41. The van der Waals surface area contributed by atoms with Crippen molar-refractivity contribution < 1.29 is 19.1 Å². The van der Waals surface area contributed by atoms with E-state index in [-0.39, 0.29) is 30.9 Å². The highest BCUT2D eigenvalue weighted by atomic mass is 32.1. The van der Waals surface area contributed by atoms with E-state index in [0.29, 0.717) is 18.2 Å². The van der Waals surface area contributed by atoms with Gasteiger partial charge < -0.3 is 19.7 Å². The summed E-state index contributed by atoms with van der Waals surface area (Å²) in [4.78, 5) is 33.7. The molecule has 3 aliphatic rings. The summed E-state index contributed by atoms with van der Waals surface area (Å²) >= 11 is 1.39. The number of aromatic nitrogens is 1. The lowest BCUT2D eigenvalue weighted by atomic mass is 10.1. The van der Waals surface area contributed by atoms with Crippen LogP contribution in [0.25, 0.3) is 0 Å². The Labute approximate surface area is 191 Å². The topological polar surface area (TPSA) is 84.0 Å². The maximum Gasteiger partial charge on any atom is 0.231 e. The second-order valence-corrected chi connectivity index (χ2v) is 9.49. The van der Waals surface area contributed by atoms with Crippen molar-refractivity contribution in [3.63, 3.8) is 0 Å². The van der Waals surface area contributed by atoms with Gasteiger partial charge in [0.1, 0.15) is 0 Å². The summed E-state index contributed by atoms with van der Waals surface area (Å²) in [5.74, 6) is 1.86. The van der Waals surface area contributed by atoms with Crippen LogP contribution in [0.5, 0.6) is 11.5 Å². The van der Waals surface area contributed by atoms with E-state index in [9.17, 15) is 9.59 Å². The fourth-order valence-electron chi connectivity index (χ4n) is 4.56. The van der Waals surface area contributed by atoms with Gasteiger partial charge >= 0.3 is 0 Å². The van der Waals surface area contributed by atoms with Gasteiger partial charge in [-0.15, -0.1) is 11.3 Å².